The number of imidazole rings is 1. The summed E-state index contributed by atoms with van der Waals surface area (Å²) in [6.07, 6.45) is 3.37. The van der Waals surface area contributed by atoms with E-state index in [2.05, 4.69) is 10.3 Å². The fourth-order valence-corrected chi connectivity index (χ4v) is 3.92. The van der Waals surface area contributed by atoms with Gasteiger partial charge in [0.15, 0.2) is 5.69 Å². The molecule has 1 aromatic heterocycles. The van der Waals surface area contributed by atoms with E-state index in [1.807, 2.05) is 42.4 Å². The molecule has 0 radical (unpaired) electrons. The Labute approximate surface area is 158 Å². The summed E-state index contributed by atoms with van der Waals surface area (Å²) in [5.41, 5.74) is 2.10. The Morgan fingerprint density at radius 2 is 2.11 bits per heavy atom. The normalized spacial score (nSPS) is 18.4. The molecule has 4 rings (SSSR count). The number of hydrogen-bond acceptors (Lipinski definition) is 4. The highest BCUT2D eigenvalue weighted by molar-refractivity contribution is 6.00. The van der Waals surface area contributed by atoms with E-state index in [4.69, 9.17) is 4.74 Å². The van der Waals surface area contributed by atoms with Crippen LogP contribution in [-0.2, 0) is 0 Å². The number of carbonyl (C=O) groups excluding carboxylic acids is 2. The van der Waals surface area contributed by atoms with Crippen LogP contribution in [0.15, 0.2) is 24.5 Å². The lowest BCUT2D eigenvalue weighted by molar-refractivity contribution is 0.0734. The molecule has 7 nitrogen and oxygen atoms in total. The largest absolute Gasteiger partial charge is 0.497 e. The second-order valence-corrected chi connectivity index (χ2v) is 8.09. The fraction of sp³-hybridized carbons (Fsp3) is 0.450. The van der Waals surface area contributed by atoms with Crippen LogP contribution in [0.1, 0.15) is 66.2 Å². The van der Waals surface area contributed by atoms with Crippen molar-refractivity contribution >= 4 is 11.8 Å². The summed E-state index contributed by atoms with van der Waals surface area (Å²) >= 11 is 0. The van der Waals surface area contributed by atoms with Gasteiger partial charge in [0.1, 0.15) is 12.1 Å². The van der Waals surface area contributed by atoms with Crippen molar-refractivity contribution in [2.24, 2.45) is 0 Å². The second-order valence-electron chi connectivity index (χ2n) is 8.09. The molecule has 2 aliphatic rings. The molecular weight excluding hydrogens is 344 g/mol. The molecule has 0 aliphatic carbocycles. The first-order valence-corrected chi connectivity index (χ1v) is 9.19. The number of aromatic nitrogens is 2. The van der Waals surface area contributed by atoms with Crippen molar-refractivity contribution in [3.63, 3.8) is 0 Å². The molecule has 2 aromatic rings. The van der Waals surface area contributed by atoms with E-state index in [-0.39, 0.29) is 23.4 Å². The van der Waals surface area contributed by atoms with Gasteiger partial charge in [0.05, 0.1) is 30.1 Å². The maximum absolute atomic E-state index is 13.2. The van der Waals surface area contributed by atoms with Crippen LogP contribution in [0, 0.1) is 0 Å². The second kappa shape index (κ2) is 6.11. The molecule has 1 fully saturated rings. The lowest BCUT2D eigenvalue weighted by atomic mass is 10.1. The van der Waals surface area contributed by atoms with Gasteiger partial charge >= 0.3 is 0 Å². The summed E-state index contributed by atoms with van der Waals surface area (Å²) in [5, 5.41) is 2.99. The Morgan fingerprint density at radius 3 is 2.81 bits per heavy atom. The van der Waals surface area contributed by atoms with Crippen molar-refractivity contribution in [1.29, 1.82) is 0 Å². The zero-order chi connectivity index (χ0) is 19.3. The maximum Gasteiger partial charge on any atom is 0.272 e. The Morgan fingerprint density at radius 1 is 1.33 bits per heavy atom. The third-order valence-corrected chi connectivity index (χ3v) is 5.03. The summed E-state index contributed by atoms with van der Waals surface area (Å²) in [5.74, 6) is 0.386. The van der Waals surface area contributed by atoms with E-state index < -0.39 is 0 Å². The Hall–Kier alpha value is -2.83. The van der Waals surface area contributed by atoms with Crippen LogP contribution in [0.5, 0.6) is 5.75 Å². The zero-order valence-corrected chi connectivity index (χ0v) is 16.1. The van der Waals surface area contributed by atoms with Gasteiger partial charge in [-0.25, -0.2) is 4.98 Å². The number of fused-ring (bicyclic) bond motifs is 5. The van der Waals surface area contributed by atoms with Crippen LogP contribution in [0.2, 0.25) is 0 Å². The SMILES string of the molecule is COc1ccc2c(c1)C(=O)N1CCC[C@H]1c1c(C(=O)NC(C)(C)C)ncn1-2. The van der Waals surface area contributed by atoms with Gasteiger partial charge in [-0.1, -0.05) is 0 Å². The third kappa shape index (κ3) is 2.87. The average Bonchev–Trinajstić information content (AvgIpc) is 3.23. The van der Waals surface area contributed by atoms with Gasteiger partial charge in [0.2, 0.25) is 0 Å². The number of nitrogens with one attached hydrogen (secondary N) is 1. The van der Waals surface area contributed by atoms with E-state index in [1.165, 1.54) is 0 Å². The van der Waals surface area contributed by atoms with Gasteiger partial charge < -0.3 is 15.0 Å². The summed E-state index contributed by atoms with van der Waals surface area (Å²) in [4.78, 5) is 32.4. The molecule has 0 bridgehead atoms. The summed E-state index contributed by atoms with van der Waals surface area (Å²) in [6, 6.07) is 5.28. The summed E-state index contributed by atoms with van der Waals surface area (Å²) in [6.45, 7) is 6.48. The molecule has 2 amide bonds. The van der Waals surface area contributed by atoms with Crippen LogP contribution in [-0.4, -0.2) is 45.5 Å². The molecule has 0 unspecified atom stereocenters. The molecule has 1 N–H and O–H groups in total. The van der Waals surface area contributed by atoms with Crippen LogP contribution in [0.3, 0.4) is 0 Å². The molecule has 1 atom stereocenters. The number of carbonyl (C=O) groups is 2. The minimum absolute atomic E-state index is 0.0303. The van der Waals surface area contributed by atoms with Crippen molar-refractivity contribution < 1.29 is 14.3 Å². The van der Waals surface area contributed by atoms with Crippen LogP contribution < -0.4 is 10.1 Å². The Balaban J connectivity index is 1.90. The third-order valence-electron chi connectivity index (χ3n) is 5.03. The van der Waals surface area contributed by atoms with Crippen molar-refractivity contribution in [2.45, 2.75) is 45.2 Å². The monoisotopic (exact) mass is 368 g/mol. The first-order valence-electron chi connectivity index (χ1n) is 9.19. The average molecular weight is 368 g/mol. The van der Waals surface area contributed by atoms with E-state index in [0.717, 1.165) is 24.2 Å². The highest BCUT2D eigenvalue weighted by Gasteiger charge is 2.40. The Bertz CT molecular complexity index is 926. The first kappa shape index (κ1) is 17.6. The molecule has 1 saturated heterocycles. The smallest absolute Gasteiger partial charge is 0.272 e. The number of nitrogens with zero attached hydrogens (tertiary/aromatic N) is 3. The molecule has 0 spiro atoms. The molecular formula is C20H24N4O3. The van der Waals surface area contributed by atoms with Crippen molar-refractivity contribution in [2.75, 3.05) is 13.7 Å². The van der Waals surface area contributed by atoms with Crippen LogP contribution >= 0.6 is 0 Å². The predicted octanol–water partition coefficient (Wildman–Crippen LogP) is 2.70. The number of rotatable bonds is 2. The topological polar surface area (TPSA) is 76.5 Å². The number of hydrogen-bond donors (Lipinski definition) is 1. The molecule has 1 aromatic carbocycles. The van der Waals surface area contributed by atoms with E-state index in [1.54, 1.807) is 19.5 Å². The van der Waals surface area contributed by atoms with Crippen LogP contribution in [0.25, 0.3) is 5.69 Å². The molecule has 27 heavy (non-hydrogen) atoms. The predicted molar refractivity (Wildman–Crippen MR) is 100 cm³/mol. The lowest BCUT2D eigenvalue weighted by Crippen LogP contribution is -2.41. The van der Waals surface area contributed by atoms with Gasteiger partial charge in [-0.3, -0.25) is 14.2 Å². The molecule has 3 heterocycles. The van der Waals surface area contributed by atoms with Crippen molar-refractivity contribution in [1.82, 2.24) is 19.8 Å². The highest BCUT2D eigenvalue weighted by Crippen LogP contribution is 2.40. The minimum Gasteiger partial charge on any atom is -0.497 e. The number of amides is 2. The highest BCUT2D eigenvalue weighted by atomic mass is 16.5. The number of ether oxygens (including phenoxy) is 1. The van der Waals surface area contributed by atoms with Gasteiger partial charge in [-0.2, -0.15) is 0 Å². The standard InChI is InChI=1S/C20H24N4O3/c1-20(2,3)22-18(25)16-17-15-6-5-9-23(15)19(26)13-10-12(27-4)7-8-14(13)24(17)11-21-16/h7-8,10-11,15H,5-6,9H2,1-4H3,(H,22,25)/t15-/m0/s1. The molecule has 2 aliphatic heterocycles. The Kier molecular flexibility index (Phi) is 3.98. The molecule has 0 saturated carbocycles. The molecule has 142 valence electrons. The summed E-state index contributed by atoms with van der Waals surface area (Å²) in [7, 11) is 1.58. The van der Waals surface area contributed by atoms with Gasteiger partial charge in [-0.05, 0) is 51.8 Å². The van der Waals surface area contributed by atoms with Crippen LogP contribution in [0.4, 0.5) is 0 Å². The van der Waals surface area contributed by atoms with E-state index in [0.29, 0.717) is 23.6 Å². The van der Waals surface area contributed by atoms with Gasteiger partial charge in [-0.15, -0.1) is 0 Å². The first-order chi connectivity index (χ1) is 12.8. The zero-order valence-electron chi connectivity index (χ0n) is 16.1. The van der Waals surface area contributed by atoms with Crippen molar-refractivity contribution in [3.8, 4) is 11.4 Å². The number of methoxy groups -OCH3 is 1. The van der Waals surface area contributed by atoms with Gasteiger partial charge in [0, 0.05) is 12.1 Å². The van der Waals surface area contributed by atoms with E-state index >= 15 is 0 Å². The number of benzene rings is 1. The summed E-state index contributed by atoms with van der Waals surface area (Å²) < 4.78 is 7.20. The van der Waals surface area contributed by atoms with Gasteiger partial charge in [0.25, 0.3) is 11.8 Å². The quantitative estimate of drug-likeness (QED) is 0.884. The maximum atomic E-state index is 13.2. The lowest BCUT2D eigenvalue weighted by Gasteiger charge is -2.24. The fourth-order valence-electron chi connectivity index (χ4n) is 3.92. The van der Waals surface area contributed by atoms with Crippen molar-refractivity contribution in [3.05, 3.63) is 41.5 Å². The minimum atomic E-state index is -0.366. The van der Waals surface area contributed by atoms with E-state index in [9.17, 15) is 9.59 Å². The molecule has 7 heteroatoms.